The summed E-state index contributed by atoms with van der Waals surface area (Å²) < 4.78 is 32.1. The van der Waals surface area contributed by atoms with Crippen molar-refractivity contribution in [3.8, 4) is 5.75 Å². The third-order valence-electron chi connectivity index (χ3n) is 3.61. The number of benzene rings is 2. The van der Waals surface area contributed by atoms with Gasteiger partial charge in [0.05, 0.1) is 12.0 Å². The highest BCUT2D eigenvalue weighted by Gasteiger charge is 2.15. The number of sulfonamides is 1. The molecule has 0 atom stereocenters. The molecule has 0 aliphatic rings. The molecule has 0 radical (unpaired) electrons. The zero-order chi connectivity index (χ0) is 20.0. The molecule has 2 aromatic carbocycles. The van der Waals surface area contributed by atoms with Crippen LogP contribution in [-0.2, 0) is 14.8 Å². The summed E-state index contributed by atoms with van der Waals surface area (Å²) in [6, 6.07) is 13.2. The van der Waals surface area contributed by atoms with Crippen molar-refractivity contribution in [2.75, 3.05) is 17.1 Å². The molecule has 3 aromatic rings. The summed E-state index contributed by atoms with van der Waals surface area (Å²) >= 11 is 1.19. The number of nitrogens with one attached hydrogen (secondary N) is 2. The Kier molecular flexibility index (Phi) is 6.07. The number of nitrogens with zero attached hydrogens (tertiary/aromatic N) is 1. The maximum Gasteiger partial charge on any atom is 0.263 e. The van der Waals surface area contributed by atoms with Crippen molar-refractivity contribution in [1.29, 1.82) is 0 Å². The molecule has 0 unspecified atom stereocenters. The molecule has 3 rings (SSSR count). The van der Waals surface area contributed by atoms with Gasteiger partial charge in [-0.15, -0.1) is 11.3 Å². The molecule has 7 nitrogen and oxygen atoms in total. The van der Waals surface area contributed by atoms with Crippen molar-refractivity contribution in [3.05, 3.63) is 71.7 Å². The first-order chi connectivity index (χ1) is 13.5. The van der Waals surface area contributed by atoms with E-state index in [-0.39, 0.29) is 10.8 Å². The van der Waals surface area contributed by atoms with Crippen LogP contribution in [-0.4, -0.2) is 26.4 Å². The van der Waals surface area contributed by atoms with Crippen molar-refractivity contribution in [3.63, 3.8) is 0 Å². The van der Waals surface area contributed by atoms with Crippen molar-refractivity contribution in [2.24, 2.45) is 0 Å². The van der Waals surface area contributed by atoms with E-state index >= 15 is 0 Å². The molecule has 1 aromatic heterocycles. The average Bonchev–Trinajstić information content (AvgIpc) is 3.19. The van der Waals surface area contributed by atoms with E-state index in [1.54, 1.807) is 24.6 Å². The smallest absolute Gasteiger partial charge is 0.263 e. The Balaban J connectivity index is 1.63. The lowest BCUT2D eigenvalue weighted by atomic mass is 10.2. The SMILES string of the molecule is COc1cccc(C=CC(=O)Nc2ccc(S(=O)(=O)Nc3nccs3)cc2)c1. The number of thiazole rings is 1. The number of ether oxygens (including phenoxy) is 1. The summed E-state index contributed by atoms with van der Waals surface area (Å²) in [6.45, 7) is 0. The first-order valence-electron chi connectivity index (χ1n) is 8.12. The molecular formula is C19H17N3O4S2. The Bertz CT molecular complexity index is 1080. The van der Waals surface area contributed by atoms with Crippen molar-refractivity contribution < 1.29 is 17.9 Å². The van der Waals surface area contributed by atoms with Crippen LogP contribution in [0.3, 0.4) is 0 Å². The van der Waals surface area contributed by atoms with Gasteiger partial charge in [-0.3, -0.25) is 9.52 Å². The van der Waals surface area contributed by atoms with Gasteiger partial charge in [-0.2, -0.15) is 0 Å². The minimum Gasteiger partial charge on any atom is -0.497 e. The van der Waals surface area contributed by atoms with Crippen LogP contribution < -0.4 is 14.8 Å². The van der Waals surface area contributed by atoms with Gasteiger partial charge in [0.25, 0.3) is 10.0 Å². The second kappa shape index (κ2) is 8.68. The van der Waals surface area contributed by atoms with Crippen LogP contribution in [0.4, 0.5) is 10.8 Å². The summed E-state index contributed by atoms with van der Waals surface area (Å²) in [5, 5.41) is 4.65. The zero-order valence-electron chi connectivity index (χ0n) is 14.8. The molecule has 1 heterocycles. The summed E-state index contributed by atoms with van der Waals surface area (Å²) in [5.74, 6) is 0.366. The summed E-state index contributed by atoms with van der Waals surface area (Å²) in [6.07, 6.45) is 4.57. The van der Waals surface area contributed by atoms with Gasteiger partial charge < -0.3 is 10.1 Å². The number of aromatic nitrogens is 1. The molecule has 0 aliphatic heterocycles. The lowest BCUT2D eigenvalue weighted by molar-refractivity contribution is -0.111. The summed E-state index contributed by atoms with van der Waals surface area (Å²) in [5.41, 5.74) is 1.30. The number of methoxy groups -OCH3 is 1. The second-order valence-corrected chi connectivity index (χ2v) is 8.14. The van der Waals surface area contributed by atoms with Crippen LogP contribution in [0.15, 0.2) is 71.1 Å². The fraction of sp³-hybridized carbons (Fsp3) is 0.0526. The molecule has 0 fully saturated rings. The standard InChI is InChI=1S/C19H17N3O4S2/c1-26-16-4-2-3-14(13-16)5-10-18(23)21-15-6-8-17(9-7-15)28(24,25)22-19-20-11-12-27-19/h2-13H,1H3,(H,20,22)(H,21,23). The van der Waals surface area contributed by atoms with Crippen LogP contribution in [0.2, 0.25) is 0 Å². The van der Waals surface area contributed by atoms with E-state index in [9.17, 15) is 13.2 Å². The largest absolute Gasteiger partial charge is 0.497 e. The number of carbonyl (C=O) groups excluding carboxylic acids is 1. The Labute approximate surface area is 166 Å². The number of carbonyl (C=O) groups is 1. The van der Waals surface area contributed by atoms with Crippen molar-refractivity contribution in [2.45, 2.75) is 4.90 Å². The van der Waals surface area contributed by atoms with E-state index in [1.165, 1.54) is 47.9 Å². The molecular weight excluding hydrogens is 398 g/mol. The van der Waals surface area contributed by atoms with Crippen LogP contribution in [0.5, 0.6) is 5.75 Å². The highest BCUT2D eigenvalue weighted by molar-refractivity contribution is 7.93. The highest BCUT2D eigenvalue weighted by atomic mass is 32.2. The highest BCUT2D eigenvalue weighted by Crippen LogP contribution is 2.19. The van der Waals surface area contributed by atoms with Gasteiger partial charge in [0.1, 0.15) is 5.75 Å². The molecule has 1 amide bonds. The Morgan fingerprint density at radius 3 is 2.64 bits per heavy atom. The van der Waals surface area contributed by atoms with Crippen LogP contribution in [0, 0.1) is 0 Å². The lowest BCUT2D eigenvalue weighted by Gasteiger charge is -2.07. The fourth-order valence-electron chi connectivity index (χ4n) is 2.27. The van der Waals surface area contributed by atoms with E-state index in [2.05, 4.69) is 15.0 Å². The summed E-state index contributed by atoms with van der Waals surface area (Å²) in [7, 11) is -2.15. The quantitative estimate of drug-likeness (QED) is 0.575. The van der Waals surface area contributed by atoms with Gasteiger partial charge in [-0.1, -0.05) is 12.1 Å². The average molecular weight is 415 g/mol. The molecule has 0 bridgehead atoms. The number of anilines is 2. The molecule has 28 heavy (non-hydrogen) atoms. The Hall–Kier alpha value is -3.17. The number of hydrogen-bond acceptors (Lipinski definition) is 6. The molecule has 0 spiro atoms. The Morgan fingerprint density at radius 2 is 1.96 bits per heavy atom. The zero-order valence-corrected chi connectivity index (χ0v) is 16.5. The first kappa shape index (κ1) is 19.6. The van der Waals surface area contributed by atoms with Crippen LogP contribution >= 0.6 is 11.3 Å². The molecule has 0 saturated heterocycles. The van der Waals surface area contributed by atoms with Crippen molar-refractivity contribution >= 4 is 44.2 Å². The molecule has 2 N–H and O–H groups in total. The lowest BCUT2D eigenvalue weighted by Crippen LogP contribution is -2.13. The molecule has 0 aliphatic carbocycles. The van der Waals surface area contributed by atoms with E-state index in [4.69, 9.17) is 4.74 Å². The third kappa shape index (κ3) is 5.18. The van der Waals surface area contributed by atoms with Gasteiger partial charge in [-0.25, -0.2) is 13.4 Å². The van der Waals surface area contributed by atoms with E-state index in [1.807, 2.05) is 18.2 Å². The van der Waals surface area contributed by atoms with Crippen molar-refractivity contribution in [1.82, 2.24) is 4.98 Å². The minimum atomic E-state index is -3.72. The van der Waals surface area contributed by atoms with Gasteiger partial charge >= 0.3 is 0 Å². The van der Waals surface area contributed by atoms with Crippen LogP contribution in [0.25, 0.3) is 6.08 Å². The Morgan fingerprint density at radius 1 is 1.18 bits per heavy atom. The minimum absolute atomic E-state index is 0.0765. The number of amides is 1. The van der Waals surface area contributed by atoms with Gasteiger partial charge in [0.2, 0.25) is 5.91 Å². The number of hydrogen-bond donors (Lipinski definition) is 2. The molecule has 144 valence electrons. The monoisotopic (exact) mass is 415 g/mol. The van der Waals surface area contributed by atoms with E-state index in [0.29, 0.717) is 16.6 Å². The van der Waals surface area contributed by atoms with Gasteiger partial charge in [0, 0.05) is 23.3 Å². The maximum absolute atomic E-state index is 12.3. The number of rotatable bonds is 7. The first-order valence-corrected chi connectivity index (χ1v) is 10.5. The van der Waals surface area contributed by atoms with Gasteiger partial charge in [-0.05, 0) is 48.0 Å². The second-order valence-electron chi connectivity index (χ2n) is 5.57. The predicted molar refractivity (Wildman–Crippen MR) is 110 cm³/mol. The predicted octanol–water partition coefficient (Wildman–Crippen LogP) is 3.60. The van der Waals surface area contributed by atoms with E-state index in [0.717, 1.165) is 5.56 Å². The maximum atomic E-state index is 12.3. The topological polar surface area (TPSA) is 97.4 Å². The van der Waals surface area contributed by atoms with Crippen LogP contribution in [0.1, 0.15) is 5.56 Å². The normalized spacial score (nSPS) is 11.3. The summed E-state index contributed by atoms with van der Waals surface area (Å²) in [4.78, 5) is 16.0. The molecule has 0 saturated carbocycles. The fourth-order valence-corrected chi connectivity index (χ4v) is 4.05. The van der Waals surface area contributed by atoms with E-state index < -0.39 is 10.0 Å². The third-order valence-corrected chi connectivity index (χ3v) is 5.78. The van der Waals surface area contributed by atoms with Gasteiger partial charge in [0.15, 0.2) is 5.13 Å². The molecule has 9 heteroatoms.